The third-order valence-electron chi connectivity index (χ3n) is 2.86. The maximum absolute atomic E-state index is 11.9. The molecular formula is C12H20N2O3. The molecule has 1 aliphatic rings. The number of amides is 1. The molecule has 0 unspecified atom stereocenters. The van der Waals surface area contributed by atoms with Gasteiger partial charge < -0.3 is 10.0 Å². The van der Waals surface area contributed by atoms with Crippen molar-refractivity contribution in [1.82, 2.24) is 9.80 Å². The van der Waals surface area contributed by atoms with E-state index in [2.05, 4.69) is 6.58 Å². The quantitative estimate of drug-likeness (QED) is 0.684. The van der Waals surface area contributed by atoms with E-state index >= 15 is 0 Å². The van der Waals surface area contributed by atoms with Crippen LogP contribution in [-0.2, 0) is 9.59 Å². The molecule has 1 N–H and O–H groups in total. The summed E-state index contributed by atoms with van der Waals surface area (Å²) >= 11 is 0. The van der Waals surface area contributed by atoms with Crippen LogP contribution in [0.15, 0.2) is 12.2 Å². The Morgan fingerprint density at radius 1 is 1.47 bits per heavy atom. The molecule has 0 aromatic carbocycles. The second kappa shape index (κ2) is 5.82. The Morgan fingerprint density at radius 3 is 2.47 bits per heavy atom. The van der Waals surface area contributed by atoms with Gasteiger partial charge in [0, 0.05) is 26.2 Å². The molecule has 1 saturated heterocycles. The lowest BCUT2D eigenvalue weighted by Gasteiger charge is -2.37. The molecule has 1 fully saturated rings. The molecule has 17 heavy (non-hydrogen) atoms. The highest BCUT2D eigenvalue weighted by molar-refractivity contribution is 5.79. The molecule has 1 heterocycles. The first-order valence-electron chi connectivity index (χ1n) is 5.81. The molecule has 0 radical (unpaired) electrons. The Balaban J connectivity index is 2.34. The van der Waals surface area contributed by atoms with Gasteiger partial charge in [0.15, 0.2) is 0 Å². The van der Waals surface area contributed by atoms with E-state index in [0.717, 1.165) is 5.57 Å². The first-order valence-corrected chi connectivity index (χ1v) is 5.81. The average Bonchev–Trinajstić information content (AvgIpc) is 2.17. The van der Waals surface area contributed by atoms with Crippen molar-refractivity contribution in [3.8, 4) is 0 Å². The predicted octanol–water partition coefficient (Wildman–Crippen LogP) is 0.427. The van der Waals surface area contributed by atoms with Gasteiger partial charge in [-0.25, -0.2) is 0 Å². The first kappa shape index (κ1) is 13.7. The van der Waals surface area contributed by atoms with Gasteiger partial charge in [-0.3, -0.25) is 14.5 Å². The Bertz CT molecular complexity index is 322. The SMILES string of the molecule is C=C(C)CN(CC)C(=O)CN1CC(C(=O)O)C1. The topological polar surface area (TPSA) is 60.9 Å². The van der Waals surface area contributed by atoms with Crippen molar-refractivity contribution in [2.75, 3.05) is 32.7 Å². The third-order valence-corrected chi connectivity index (χ3v) is 2.86. The second-order valence-corrected chi connectivity index (χ2v) is 4.59. The molecule has 5 nitrogen and oxygen atoms in total. The van der Waals surface area contributed by atoms with Gasteiger partial charge in [0.1, 0.15) is 0 Å². The van der Waals surface area contributed by atoms with Gasteiger partial charge in [-0.2, -0.15) is 0 Å². The third kappa shape index (κ3) is 3.85. The second-order valence-electron chi connectivity index (χ2n) is 4.59. The highest BCUT2D eigenvalue weighted by Crippen LogP contribution is 2.15. The monoisotopic (exact) mass is 240 g/mol. The van der Waals surface area contributed by atoms with Crippen molar-refractivity contribution in [2.45, 2.75) is 13.8 Å². The molecule has 0 aromatic rings. The van der Waals surface area contributed by atoms with E-state index in [1.807, 2.05) is 18.7 Å². The van der Waals surface area contributed by atoms with Gasteiger partial charge in [0.2, 0.25) is 5.91 Å². The summed E-state index contributed by atoms with van der Waals surface area (Å²) in [6, 6.07) is 0. The number of carbonyl (C=O) groups is 2. The summed E-state index contributed by atoms with van der Waals surface area (Å²) in [6.07, 6.45) is 0. The summed E-state index contributed by atoms with van der Waals surface area (Å²) < 4.78 is 0. The highest BCUT2D eigenvalue weighted by Gasteiger charge is 2.33. The number of likely N-dealkylation sites (N-methyl/N-ethyl adjacent to an activating group) is 1. The Labute approximate surface area is 102 Å². The molecule has 1 amide bonds. The molecular weight excluding hydrogens is 220 g/mol. The summed E-state index contributed by atoms with van der Waals surface area (Å²) in [5.74, 6) is -1.04. The van der Waals surface area contributed by atoms with Crippen LogP contribution in [0.3, 0.4) is 0 Å². The van der Waals surface area contributed by atoms with Crippen LogP contribution in [0.25, 0.3) is 0 Å². The van der Waals surface area contributed by atoms with Crippen molar-refractivity contribution in [2.24, 2.45) is 5.92 Å². The number of carboxylic acids is 1. The maximum atomic E-state index is 11.9. The van der Waals surface area contributed by atoms with Gasteiger partial charge in [-0.1, -0.05) is 12.2 Å². The van der Waals surface area contributed by atoms with E-state index in [0.29, 0.717) is 32.7 Å². The van der Waals surface area contributed by atoms with Crippen molar-refractivity contribution < 1.29 is 14.7 Å². The lowest BCUT2D eigenvalue weighted by Crippen LogP contribution is -2.54. The molecule has 96 valence electrons. The molecule has 0 spiro atoms. The number of aliphatic carboxylic acids is 1. The summed E-state index contributed by atoms with van der Waals surface area (Å²) in [5.41, 5.74) is 0.951. The van der Waals surface area contributed by atoms with E-state index in [-0.39, 0.29) is 11.8 Å². The number of hydrogen-bond donors (Lipinski definition) is 1. The van der Waals surface area contributed by atoms with Crippen LogP contribution in [0.5, 0.6) is 0 Å². The molecule has 0 saturated carbocycles. The van der Waals surface area contributed by atoms with Gasteiger partial charge in [-0.15, -0.1) is 0 Å². The zero-order valence-corrected chi connectivity index (χ0v) is 10.5. The molecule has 0 aromatic heterocycles. The van der Waals surface area contributed by atoms with Crippen LogP contribution in [0.2, 0.25) is 0 Å². The van der Waals surface area contributed by atoms with Crippen molar-refractivity contribution in [3.05, 3.63) is 12.2 Å². The van der Waals surface area contributed by atoms with E-state index in [1.165, 1.54) is 0 Å². The van der Waals surface area contributed by atoms with Gasteiger partial charge in [0.25, 0.3) is 0 Å². The highest BCUT2D eigenvalue weighted by atomic mass is 16.4. The zero-order chi connectivity index (χ0) is 13.0. The number of likely N-dealkylation sites (tertiary alicyclic amines) is 1. The standard InChI is InChI=1S/C12H20N2O3/c1-4-14(5-9(2)3)11(15)8-13-6-10(7-13)12(16)17/h10H,2,4-8H2,1,3H3,(H,16,17). The molecule has 0 bridgehead atoms. The minimum absolute atomic E-state index is 0.0411. The smallest absolute Gasteiger partial charge is 0.309 e. The van der Waals surface area contributed by atoms with Crippen LogP contribution in [-0.4, -0.2) is 59.5 Å². The maximum Gasteiger partial charge on any atom is 0.309 e. The summed E-state index contributed by atoms with van der Waals surface area (Å²) in [4.78, 5) is 26.1. The number of hydrogen-bond acceptors (Lipinski definition) is 3. The number of carboxylic acid groups (broad SMARTS) is 1. The number of nitrogens with zero attached hydrogens (tertiary/aromatic N) is 2. The zero-order valence-electron chi connectivity index (χ0n) is 10.5. The van der Waals surface area contributed by atoms with Crippen molar-refractivity contribution in [3.63, 3.8) is 0 Å². The Hall–Kier alpha value is -1.36. The van der Waals surface area contributed by atoms with E-state index in [1.54, 1.807) is 4.90 Å². The fraction of sp³-hybridized carbons (Fsp3) is 0.667. The van der Waals surface area contributed by atoms with E-state index in [9.17, 15) is 9.59 Å². The fourth-order valence-corrected chi connectivity index (χ4v) is 1.85. The number of rotatable bonds is 6. The number of carbonyl (C=O) groups excluding carboxylic acids is 1. The van der Waals surface area contributed by atoms with Crippen LogP contribution >= 0.6 is 0 Å². The molecule has 5 heteroatoms. The minimum atomic E-state index is -0.775. The van der Waals surface area contributed by atoms with E-state index < -0.39 is 5.97 Å². The van der Waals surface area contributed by atoms with Crippen LogP contribution in [0.4, 0.5) is 0 Å². The van der Waals surface area contributed by atoms with Gasteiger partial charge in [0.05, 0.1) is 12.5 Å². The molecule has 0 aliphatic carbocycles. The Kier molecular flexibility index (Phi) is 4.69. The average molecular weight is 240 g/mol. The molecule has 1 aliphatic heterocycles. The molecule has 0 atom stereocenters. The van der Waals surface area contributed by atoms with Crippen LogP contribution in [0, 0.1) is 5.92 Å². The van der Waals surface area contributed by atoms with Crippen molar-refractivity contribution in [1.29, 1.82) is 0 Å². The van der Waals surface area contributed by atoms with Gasteiger partial charge >= 0.3 is 5.97 Å². The van der Waals surface area contributed by atoms with Crippen molar-refractivity contribution >= 4 is 11.9 Å². The fourth-order valence-electron chi connectivity index (χ4n) is 1.85. The van der Waals surface area contributed by atoms with Crippen LogP contribution < -0.4 is 0 Å². The van der Waals surface area contributed by atoms with Crippen LogP contribution in [0.1, 0.15) is 13.8 Å². The Morgan fingerprint density at radius 2 is 2.06 bits per heavy atom. The molecule has 1 rings (SSSR count). The minimum Gasteiger partial charge on any atom is -0.481 e. The lowest BCUT2D eigenvalue weighted by atomic mass is 10.0. The largest absolute Gasteiger partial charge is 0.481 e. The summed E-state index contributed by atoms with van der Waals surface area (Å²) in [7, 11) is 0. The van der Waals surface area contributed by atoms with Gasteiger partial charge in [-0.05, 0) is 13.8 Å². The van der Waals surface area contributed by atoms with E-state index in [4.69, 9.17) is 5.11 Å². The summed E-state index contributed by atoms with van der Waals surface area (Å²) in [5, 5.41) is 8.73. The first-order chi connectivity index (χ1) is 7.93. The predicted molar refractivity (Wildman–Crippen MR) is 64.6 cm³/mol. The lowest BCUT2D eigenvalue weighted by molar-refractivity contribution is -0.150. The normalized spacial score (nSPS) is 16.4. The summed E-state index contributed by atoms with van der Waals surface area (Å²) in [6.45, 7) is 10.1.